The van der Waals surface area contributed by atoms with Gasteiger partial charge in [0.2, 0.25) is 11.7 Å². The summed E-state index contributed by atoms with van der Waals surface area (Å²) in [7, 11) is 0. The van der Waals surface area contributed by atoms with Gasteiger partial charge in [-0.1, -0.05) is 25.9 Å². The number of amides is 1. The van der Waals surface area contributed by atoms with Crippen LogP contribution in [0.25, 0.3) is 0 Å². The third-order valence-corrected chi connectivity index (χ3v) is 4.91. The number of nitrogens with one attached hydrogen (secondary N) is 1. The molecule has 0 saturated carbocycles. The third kappa shape index (κ3) is 4.74. The number of thiophene rings is 1. The maximum atomic E-state index is 12.0. The molecule has 0 fully saturated rings. The van der Waals surface area contributed by atoms with Gasteiger partial charge >= 0.3 is 0 Å². The van der Waals surface area contributed by atoms with Crippen LogP contribution in [0, 0.1) is 12.3 Å². The Bertz CT molecular complexity index is 938. The first-order valence-corrected chi connectivity index (χ1v) is 9.90. The van der Waals surface area contributed by atoms with Gasteiger partial charge in [0.15, 0.2) is 17.6 Å². The van der Waals surface area contributed by atoms with Gasteiger partial charge < -0.3 is 10.2 Å². The number of rotatable bonds is 5. The third-order valence-electron chi connectivity index (χ3n) is 3.42. The van der Waals surface area contributed by atoms with E-state index in [-0.39, 0.29) is 12.5 Å². The molecule has 0 aliphatic carbocycles. The molecular formula is C16H19N7O2S2. The summed E-state index contributed by atoms with van der Waals surface area (Å²) >= 11 is 2.89. The highest BCUT2D eigenvalue weighted by atomic mass is 32.1. The van der Waals surface area contributed by atoms with Gasteiger partial charge in [0.05, 0.1) is 5.69 Å². The second-order valence-electron chi connectivity index (χ2n) is 6.69. The summed E-state index contributed by atoms with van der Waals surface area (Å²) in [4.78, 5) is 21.9. The average molecular weight is 406 g/mol. The van der Waals surface area contributed by atoms with Crippen molar-refractivity contribution in [1.29, 1.82) is 0 Å². The summed E-state index contributed by atoms with van der Waals surface area (Å²) in [5.41, 5.74) is 1.05. The predicted octanol–water partition coefficient (Wildman–Crippen LogP) is 2.91. The minimum Gasteiger partial charge on any atom is -0.387 e. The van der Waals surface area contributed by atoms with Crippen LogP contribution in [0.3, 0.4) is 0 Å². The van der Waals surface area contributed by atoms with Crippen LogP contribution < -0.4 is 5.32 Å². The Balaban J connectivity index is 1.68. The average Bonchev–Trinajstić information content (AvgIpc) is 3.33. The molecule has 0 aromatic carbocycles. The van der Waals surface area contributed by atoms with E-state index in [1.165, 1.54) is 16.0 Å². The van der Waals surface area contributed by atoms with Crippen LogP contribution in [0.4, 0.5) is 5.13 Å². The summed E-state index contributed by atoms with van der Waals surface area (Å²) in [6, 6.07) is 1.91. The van der Waals surface area contributed by atoms with Crippen molar-refractivity contribution in [2.75, 3.05) is 5.32 Å². The minimum atomic E-state index is -0.480. The standard InChI is InChI=1S/C16H19N7O2S2/c1-10-19-21-22-23(10)13(11-5-6-26-8-11)20-25-7-12-9-27-15(17-12)18-14(24)16(2,3)4/h5-6,8-9H,7H2,1-4H3,(H,17,18,24). The molecule has 11 heteroatoms. The number of hydrogen-bond acceptors (Lipinski definition) is 9. The van der Waals surface area contributed by atoms with E-state index < -0.39 is 5.41 Å². The zero-order chi connectivity index (χ0) is 19.4. The number of tetrazole rings is 1. The molecule has 0 bridgehead atoms. The Kier molecular flexibility index (Phi) is 5.61. The van der Waals surface area contributed by atoms with E-state index in [0.29, 0.717) is 22.5 Å². The molecule has 142 valence electrons. The Labute approximate surface area is 164 Å². The fourth-order valence-electron chi connectivity index (χ4n) is 1.91. The van der Waals surface area contributed by atoms with Crippen LogP contribution in [0.1, 0.15) is 37.9 Å². The molecule has 3 aromatic rings. The van der Waals surface area contributed by atoms with E-state index in [4.69, 9.17) is 4.84 Å². The first kappa shape index (κ1) is 19.1. The second kappa shape index (κ2) is 7.92. The quantitative estimate of drug-likeness (QED) is 0.397. The smallest absolute Gasteiger partial charge is 0.231 e. The fourth-order valence-corrected chi connectivity index (χ4v) is 3.23. The molecule has 0 radical (unpaired) electrons. The molecule has 1 amide bonds. The van der Waals surface area contributed by atoms with Crippen molar-refractivity contribution in [3.05, 3.63) is 39.3 Å². The van der Waals surface area contributed by atoms with Crippen LogP contribution in [0.2, 0.25) is 0 Å². The largest absolute Gasteiger partial charge is 0.387 e. The molecule has 0 aliphatic heterocycles. The van der Waals surface area contributed by atoms with E-state index in [1.807, 2.05) is 43.0 Å². The molecule has 9 nitrogen and oxygen atoms in total. The summed E-state index contributed by atoms with van der Waals surface area (Å²) in [5, 5.41) is 24.7. The van der Waals surface area contributed by atoms with Crippen LogP contribution in [-0.2, 0) is 16.2 Å². The van der Waals surface area contributed by atoms with Crippen molar-refractivity contribution in [2.24, 2.45) is 10.6 Å². The van der Waals surface area contributed by atoms with Crippen molar-refractivity contribution in [1.82, 2.24) is 25.2 Å². The highest BCUT2D eigenvalue weighted by Crippen LogP contribution is 2.21. The molecule has 3 aromatic heterocycles. The second-order valence-corrected chi connectivity index (χ2v) is 8.32. The van der Waals surface area contributed by atoms with Gasteiger partial charge in [-0.3, -0.25) is 4.79 Å². The molecule has 0 atom stereocenters. The molecular weight excluding hydrogens is 386 g/mol. The number of carbonyl (C=O) groups excluding carboxylic acids is 1. The summed E-state index contributed by atoms with van der Waals surface area (Å²) in [5.74, 6) is 1.01. The zero-order valence-corrected chi connectivity index (χ0v) is 17.0. The molecule has 27 heavy (non-hydrogen) atoms. The normalized spacial score (nSPS) is 12.2. The zero-order valence-electron chi connectivity index (χ0n) is 15.3. The van der Waals surface area contributed by atoms with Crippen molar-refractivity contribution in [2.45, 2.75) is 34.3 Å². The van der Waals surface area contributed by atoms with Gasteiger partial charge in [0.1, 0.15) is 0 Å². The molecule has 0 unspecified atom stereocenters. The number of carbonyl (C=O) groups is 1. The Hall–Kier alpha value is -2.66. The van der Waals surface area contributed by atoms with Gasteiger partial charge in [-0.05, 0) is 28.8 Å². The lowest BCUT2D eigenvalue weighted by Crippen LogP contribution is -2.27. The first-order chi connectivity index (χ1) is 12.8. The van der Waals surface area contributed by atoms with Crippen LogP contribution in [-0.4, -0.2) is 36.9 Å². The number of aromatic nitrogens is 5. The van der Waals surface area contributed by atoms with Crippen LogP contribution in [0.15, 0.2) is 27.4 Å². The van der Waals surface area contributed by atoms with E-state index in [9.17, 15) is 4.79 Å². The Morgan fingerprint density at radius 2 is 2.19 bits per heavy atom. The van der Waals surface area contributed by atoms with Gasteiger partial charge in [-0.15, -0.1) is 16.4 Å². The van der Waals surface area contributed by atoms with Crippen molar-refractivity contribution in [3.8, 4) is 0 Å². The van der Waals surface area contributed by atoms with Gasteiger partial charge in [-0.2, -0.15) is 16.0 Å². The highest BCUT2D eigenvalue weighted by molar-refractivity contribution is 7.13. The molecule has 0 spiro atoms. The number of hydrogen-bond donors (Lipinski definition) is 1. The number of nitrogens with zero attached hydrogens (tertiary/aromatic N) is 6. The van der Waals surface area contributed by atoms with Gasteiger partial charge in [0, 0.05) is 21.7 Å². The van der Waals surface area contributed by atoms with Crippen LogP contribution >= 0.6 is 22.7 Å². The van der Waals surface area contributed by atoms with Gasteiger partial charge in [0.25, 0.3) is 0 Å². The highest BCUT2D eigenvalue weighted by Gasteiger charge is 2.22. The molecule has 0 aliphatic rings. The Morgan fingerprint density at radius 1 is 1.37 bits per heavy atom. The lowest BCUT2D eigenvalue weighted by atomic mass is 9.96. The first-order valence-electron chi connectivity index (χ1n) is 8.08. The number of oxime groups is 1. The number of aryl methyl sites for hydroxylation is 1. The fraction of sp³-hybridized carbons (Fsp3) is 0.375. The van der Waals surface area contributed by atoms with Crippen molar-refractivity contribution in [3.63, 3.8) is 0 Å². The van der Waals surface area contributed by atoms with E-state index in [0.717, 1.165) is 5.56 Å². The topological polar surface area (TPSA) is 107 Å². The van der Waals surface area contributed by atoms with Crippen molar-refractivity contribution >= 4 is 39.5 Å². The molecule has 1 N–H and O–H groups in total. The molecule has 3 rings (SSSR count). The predicted molar refractivity (Wildman–Crippen MR) is 104 cm³/mol. The van der Waals surface area contributed by atoms with Crippen LogP contribution in [0.5, 0.6) is 0 Å². The lowest BCUT2D eigenvalue weighted by Gasteiger charge is -2.15. The Morgan fingerprint density at radius 3 is 2.81 bits per heavy atom. The maximum Gasteiger partial charge on any atom is 0.231 e. The van der Waals surface area contributed by atoms with Gasteiger partial charge in [-0.25, -0.2) is 4.98 Å². The monoisotopic (exact) mass is 405 g/mol. The molecule has 0 saturated heterocycles. The lowest BCUT2D eigenvalue weighted by molar-refractivity contribution is -0.123. The summed E-state index contributed by atoms with van der Waals surface area (Å²) < 4.78 is 1.51. The van der Waals surface area contributed by atoms with Crippen molar-refractivity contribution < 1.29 is 9.63 Å². The van der Waals surface area contributed by atoms with E-state index >= 15 is 0 Å². The number of thiazole rings is 1. The molecule has 3 heterocycles. The summed E-state index contributed by atoms with van der Waals surface area (Å²) in [6.45, 7) is 7.49. The SMILES string of the molecule is Cc1nnnn1C(=NOCc1csc(NC(=O)C(C)(C)C)n1)c1ccsc1. The maximum absolute atomic E-state index is 12.0. The summed E-state index contributed by atoms with van der Waals surface area (Å²) in [6.07, 6.45) is 0. The van der Waals surface area contributed by atoms with E-state index in [1.54, 1.807) is 18.3 Å². The van der Waals surface area contributed by atoms with E-state index in [2.05, 4.69) is 31.0 Å². The number of anilines is 1. The minimum absolute atomic E-state index is 0.0868.